The van der Waals surface area contributed by atoms with Gasteiger partial charge in [0.15, 0.2) is 11.4 Å². The molecule has 0 radical (unpaired) electrons. The SMILES string of the molecule is CO[C@H]1C[C@@H]2CC[C@@H](C)[C@@](O)(O2)C(=O)C(=O)N2CCCC[C@H]2C(=O)O[C@H]([C@H](N)C[C@@H]2CC[C@@H](OC(=O)NCCOCCOCCOCCOCCOCCOCCOCCOCCOCCOCCC(=O)N3CCc4cc(Cn5nc(-c6cnc7[nH]ccc7c6)c6c(N)ncnc65)ccc4C3)[C@H](OC)C2)C[C@@H](O)[C@H](C)/C=C(\C)[C@@H](O)[C@@H](O)C(=O)[C@H](C)C[C@H](C)/C=C/C=C/C=C/1C. The first kappa shape index (κ1) is 105. The number of carbonyl (C=O) groups is 6. The number of cyclic esters (lactones) is 1. The molecule has 5 aliphatic rings. The molecule has 0 unspecified atom stereocenters. The Morgan fingerprint density at radius 3 is 1.98 bits per heavy atom. The zero-order valence-corrected chi connectivity index (χ0v) is 77.5. The zero-order chi connectivity index (χ0) is 93.6. The molecule has 3 amide bonds. The van der Waals surface area contributed by atoms with E-state index in [0.717, 1.165) is 44.6 Å². The van der Waals surface area contributed by atoms with Crippen molar-refractivity contribution in [3.63, 3.8) is 0 Å². The number of hydrogen-bond acceptors (Lipinski definition) is 31. The number of esters is 1. The number of allylic oxidation sites excluding steroid dienone is 5. The van der Waals surface area contributed by atoms with E-state index in [1.54, 1.807) is 47.1 Å². The fraction of sp³-hybridized carbons (Fsp3) is 0.663. The van der Waals surface area contributed by atoms with E-state index in [-0.39, 0.29) is 75.3 Å². The van der Waals surface area contributed by atoms with Crippen LogP contribution >= 0.6 is 0 Å². The van der Waals surface area contributed by atoms with Crippen LogP contribution in [-0.4, -0.2) is 328 Å². The van der Waals surface area contributed by atoms with Gasteiger partial charge in [-0.25, -0.2) is 29.2 Å². The molecule has 2 saturated heterocycles. The number of amides is 3. The number of H-pyrrole nitrogens is 1. The van der Waals surface area contributed by atoms with Crippen LogP contribution in [0.1, 0.15) is 142 Å². The number of aliphatic hydroxyl groups is 4. The summed E-state index contributed by atoms with van der Waals surface area (Å²) in [6.45, 7) is 19.8. The molecule has 1 aliphatic carbocycles. The number of aliphatic hydroxyl groups excluding tert-OH is 3. The number of fused-ring (bicyclic) bond motifs is 6. The molecule has 726 valence electrons. The van der Waals surface area contributed by atoms with Crippen LogP contribution in [0.15, 0.2) is 96.7 Å². The van der Waals surface area contributed by atoms with Crippen LogP contribution in [0.2, 0.25) is 0 Å². The van der Waals surface area contributed by atoms with Gasteiger partial charge in [0.1, 0.15) is 53.9 Å². The maximum atomic E-state index is 14.7. The minimum absolute atomic E-state index is 0.0157. The second kappa shape index (κ2) is 54.8. The van der Waals surface area contributed by atoms with Crippen molar-refractivity contribution in [2.24, 2.45) is 35.3 Å². The van der Waals surface area contributed by atoms with Crippen LogP contribution in [0.25, 0.3) is 33.3 Å². The number of Topliss-reactive ketones (excluding diaryl/α,β-unsaturated/α-hetero) is 2. The number of rotatable bonds is 42. The third-order valence-electron chi connectivity index (χ3n) is 24.9. The molecule has 10 N–H and O–H groups in total. The van der Waals surface area contributed by atoms with E-state index in [1.165, 1.54) is 19.0 Å². The summed E-state index contributed by atoms with van der Waals surface area (Å²) in [5, 5.41) is 55.9. The maximum Gasteiger partial charge on any atom is 0.407 e. The molecule has 3 fully saturated rings. The number of nitrogens with two attached hydrogens (primary N) is 2. The summed E-state index contributed by atoms with van der Waals surface area (Å²) in [6.07, 6.45) is 12.4. The number of methoxy groups -OCH3 is 2. The van der Waals surface area contributed by atoms with Gasteiger partial charge in [-0.2, -0.15) is 5.10 Å². The van der Waals surface area contributed by atoms with Gasteiger partial charge in [-0.1, -0.05) is 82.4 Å². The largest absolute Gasteiger partial charge is 0.459 e. The fourth-order valence-electron chi connectivity index (χ4n) is 17.2. The summed E-state index contributed by atoms with van der Waals surface area (Å²) in [5.41, 5.74) is 20.8. The average molecular weight is 1840 g/mol. The Labute approximate surface area is 767 Å². The van der Waals surface area contributed by atoms with Gasteiger partial charge >= 0.3 is 12.1 Å². The number of carbonyl (C=O) groups excluding carboxylic acids is 6. The molecule has 5 aromatic rings. The number of alkyl carbamates (subject to hydrolysis) is 1. The highest BCUT2D eigenvalue weighted by Crippen LogP contribution is 2.39. The topological polar surface area (TPSA) is 465 Å². The van der Waals surface area contributed by atoms with Crippen LogP contribution in [0.4, 0.5) is 10.6 Å². The second-order valence-corrected chi connectivity index (χ2v) is 34.7. The number of piperidine rings is 1. The maximum absolute atomic E-state index is 14.7. The summed E-state index contributed by atoms with van der Waals surface area (Å²) in [7, 11) is 3.08. The summed E-state index contributed by atoms with van der Waals surface area (Å²) in [6, 6.07) is 8.19. The van der Waals surface area contributed by atoms with Crippen LogP contribution in [-0.2, 0) is 115 Å². The number of pyridine rings is 1. The molecule has 10 rings (SSSR count). The summed E-state index contributed by atoms with van der Waals surface area (Å²) < 4.78 is 88.1. The van der Waals surface area contributed by atoms with Crippen molar-refractivity contribution in [1.29, 1.82) is 0 Å². The predicted octanol–water partition coefficient (Wildman–Crippen LogP) is 7.20. The molecule has 131 heavy (non-hydrogen) atoms. The normalized spacial score (nSPS) is 27.1. The standard InChI is InChI=1S/C95H141N11O25/c1-62-14-10-9-11-15-63(2)79(117-7)56-74-21-17-67(6)95(116,131-74)88(112)92(113)105-28-13-12-16-76(105)93(114)129-80(57-77(107)64(3)51-66(5)86(110)87(111)85(109)65(4)50-62)75(96)53-68-19-22-78(81(54-68)118-8)130-94(115)99-27-31-120-33-35-122-37-39-124-41-43-126-45-47-128-49-48-127-46-44-125-42-40-123-38-36-121-34-32-119-30-25-82(108)104-29-24-70-52-69(18-20-72(70)60-104)59-106-91-83(89(97)101-61-102-91)84(103-106)73-55-71-23-26-98-90(71)100-58-73/h9-11,14-15,18,20,23,26,51-52,55,58,61-62,64-65,67-68,74-81,86-87,107,110-111,116H,12-13,16-17,19,21-22,24-25,27-50,53-54,56-57,59-60,96H2,1-8H3,(H,98,100)(H,99,115)(H2,97,101,102)/b11-9+,14-10+,63-15+,66-51+/t62-,64-,65-,67-,68+,74+,75-,76+,77-,78-,79+,80+,81-,86-,87+,95-/m1/s1. The van der Waals surface area contributed by atoms with Gasteiger partial charge in [0.2, 0.25) is 11.7 Å². The molecule has 2 bridgehead atoms. The first-order valence-corrected chi connectivity index (χ1v) is 46.4. The lowest BCUT2D eigenvalue weighted by atomic mass is 9.80. The lowest BCUT2D eigenvalue weighted by Gasteiger charge is -2.42. The first-order chi connectivity index (χ1) is 63.3. The Hall–Kier alpha value is -8.48. The van der Waals surface area contributed by atoms with Crippen molar-refractivity contribution in [1.82, 2.24) is 44.8 Å². The van der Waals surface area contributed by atoms with Gasteiger partial charge in [0.25, 0.3) is 11.7 Å². The number of ketones is 2. The highest BCUT2D eigenvalue weighted by Gasteiger charge is 2.53. The van der Waals surface area contributed by atoms with Gasteiger partial charge in [-0.05, 0) is 136 Å². The Kier molecular flexibility index (Phi) is 43.7. The van der Waals surface area contributed by atoms with E-state index < -0.39 is 114 Å². The predicted molar refractivity (Wildman–Crippen MR) is 485 cm³/mol. The van der Waals surface area contributed by atoms with E-state index >= 15 is 0 Å². The zero-order valence-electron chi connectivity index (χ0n) is 77.5. The molecule has 4 aliphatic heterocycles. The number of hydrogen-bond donors (Lipinski definition) is 8. The Bertz CT molecular complexity index is 4510. The Balaban J connectivity index is 0.519. The Morgan fingerprint density at radius 1 is 0.679 bits per heavy atom. The third kappa shape index (κ3) is 32.1. The van der Waals surface area contributed by atoms with E-state index in [1.807, 2.05) is 72.1 Å². The van der Waals surface area contributed by atoms with Gasteiger partial charge in [0, 0.05) is 100 Å². The molecule has 16 atom stereocenters. The number of aromatic nitrogens is 6. The fourth-order valence-corrected chi connectivity index (χ4v) is 17.2. The lowest BCUT2D eigenvalue weighted by Crippen LogP contribution is -2.61. The number of nitrogen functional groups attached to an aromatic ring is 1. The van der Waals surface area contributed by atoms with Gasteiger partial charge in [-0.3, -0.25) is 19.2 Å². The van der Waals surface area contributed by atoms with E-state index in [2.05, 4.69) is 43.5 Å². The molecular weight excluding hydrogens is 1700 g/mol. The molecule has 36 heteroatoms. The Morgan fingerprint density at radius 2 is 1.33 bits per heavy atom. The van der Waals surface area contributed by atoms with Gasteiger partial charge in [0.05, 0.1) is 175 Å². The number of benzene rings is 1. The molecule has 36 nitrogen and oxygen atoms in total. The van der Waals surface area contributed by atoms with E-state index in [9.17, 15) is 49.2 Å². The highest BCUT2D eigenvalue weighted by atomic mass is 16.6. The number of anilines is 1. The van der Waals surface area contributed by atoms with Crippen molar-refractivity contribution in [2.45, 2.75) is 211 Å². The van der Waals surface area contributed by atoms with Crippen molar-refractivity contribution in [3.8, 4) is 11.3 Å². The van der Waals surface area contributed by atoms with Crippen molar-refractivity contribution < 1.29 is 120 Å². The van der Waals surface area contributed by atoms with Gasteiger partial charge in [-0.15, -0.1) is 0 Å². The minimum Gasteiger partial charge on any atom is -0.459 e. The average Bonchev–Trinajstić information content (AvgIpc) is 1.59. The van der Waals surface area contributed by atoms with Gasteiger partial charge < -0.3 is 123 Å². The second-order valence-electron chi connectivity index (χ2n) is 34.7. The lowest BCUT2D eigenvalue weighted by molar-refractivity contribution is -0.265. The van der Waals surface area contributed by atoms with Crippen LogP contribution in [0.3, 0.4) is 0 Å². The number of nitrogens with zero attached hydrogens (tertiary/aromatic N) is 7. The first-order valence-electron chi connectivity index (χ1n) is 46.4. The molecular formula is C95H141N11O25. The molecule has 0 spiro atoms. The molecule has 8 heterocycles. The van der Waals surface area contributed by atoms with E-state index in [0.29, 0.717) is 219 Å². The van der Waals surface area contributed by atoms with Crippen molar-refractivity contribution in [2.75, 3.05) is 172 Å². The van der Waals surface area contributed by atoms with Crippen LogP contribution in [0.5, 0.6) is 0 Å². The summed E-state index contributed by atoms with van der Waals surface area (Å²) >= 11 is 0. The number of aromatic amines is 1. The third-order valence-corrected chi connectivity index (χ3v) is 24.9. The van der Waals surface area contributed by atoms with E-state index in [4.69, 9.17) is 87.6 Å². The molecule has 1 aromatic carbocycles. The number of ether oxygens (including phenoxy) is 15. The molecule has 1 saturated carbocycles. The monoisotopic (exact) mass is 1840 g/mol. The highest BCUT2D eigenvalue weighted by molar-refractivity contribution is 6.39. The quantitative estimate of drug-likeness (QED) is 0.00828. The van der Waals surface area contributed by atoms with Crippen molar-refractivity contribution in [3.05, 3.63) is 113 Å². The smallest absolute Gasteiger partial charge is 0.407 e. The molecule has 4 aromatic heterocycles. The number of nitrogens with one attached hydrogen (secondary N) is 2. The minimum atomic E-state index is -2.50. The van der Waals surface area contributed by atoms with Crippen LogP contribution < -0.4 is 16.8 Å². The van der Waals surface area contributed by atoms with Crippen molar-refractivity contribution >= 4 is 63.3 Å². The van der Waals surface area contributed by atoms with Crippen LogP contribution in [0, 0.1) is 29.6 Å². The summed E-state index contributed by atoms with van der Waals surface area (Å²) in [5.74, 6) is -8.08. The summed E-state index contributed by atoms with van der Waals surface area (Å²) in [4.78, 5) is 103.